The monoisotopic (exact) mass is 449 g/mol. The SMILES string of the molecule is CCCCO.COc1c(N2CCNC(C)C2)c(F)cc2c(=O)c(C(=O)O)cn(C3CC3)c12. The summed E-state index contributed by atoms with van der Waals surface area (Å²) >= 11 is 0. The predicted molar refractivity (Wildman–Crippen MR) is 122 cm³/mol. The fourth-order valence-electron chi connectivity index (χ4n) is 4.02. The Morgan fingerprint density at radius 3 is 2.59 bits per heavy atom. The van der Waals surface area contributed by atoms with Crippen molar-refractivity contribution in [3.8, 4) is 5.75 Å². The first-order chi connectivity index (χ1) is 15.3. The maximum Gasteiger partial charge on any atom is 0.341 e. The standard InChI is InChI=1S/C19H22FN3O4.C4H10O/c1-10-8-22(6-5-21-10)16-14(20)7-12-15(18(16)27-2)23(11-3-4-11)9-13(17(12)24)19(25)26;1-2-3-4-5/h7,9-11,21H,3-6,8H2,1-2H3,(H,25,26);5H,2-4H2,1H3. The van der Waals surface area contributed by atoms with Crippen molar-refractivity contribution in [2.75, 3.05) is 38.3 Å². The van der Waals surface area contributed by atoms with E-state index in [1.54, 1.807) is 4.57 Å². The van der Waals surface area contributed by atoms with Crippen molar-refractivity contribution < 1.29 is 24.1 Å². The number of nitrogens with one attached hydrogen (secondary N) is 1. The zero-order valence-electron chi connectivity index (χ0n) is 18.9. The van der Waals surface area contributed by atoms with Crippen LogP contribution in [0.15, 0.2) is 17.1 Å². The molecule has 176 valence electrons. The maximum atomic E-state index is 15.1. The molecule has 1 unspecified atom stereocenters. The number of aliphatic hydroxyl groups is 1. The number of piperazine rings is 1. The van der Waals surface area contributed by atoms with Crippen LogP contribution in [0.2, 0.25) is 0 Å². The van der Waals surface area contributed by atoms with E-state index in [0.717, 1.165) is 38.3 Å². The summed E-state index contributed by atoms with van der Waals surface area (Å²) in [6.45, 7) is 6.36. The van der Waals surface area contributed by atoms with Crippen LogP contribution in [-0.4, -0.2) is 60.1 Å². The minimum absolute atomic E-state index is 0.0445. The van der Waals surface area contributed by atoms with Crippen LogP contribution in [0.3, 0.4) is 0 Å². The van der Waals surface area contributed by atoms with E-state index in [0.29, 0.717) is 36.6 Å². The highest BCUT2D eigenvalue weighted by Gasteiger charge is 2.32. The number of nitrogens with zero attached hydrogens (tertiary/aromatic N) is 2. The smallest absolute Gasteiger partial charge is 0.341 e. The Morgan fingerprint density at radius 1 is 1.38 bits per heavy atom. The molecule has 0 spiro atoms. The van der Waals surface area contributed by atoms with E-state index >= 15 is 4.39 Å². The van der Waals surface area contributed by atoms with Gasteiger partial charge in [0, 0.05) is 44.5 Å². The summed E-state index contributed by atoms with van der Waals surface area (Å²) in [6, 6.07) is 1.45. The number of hydrogen-bond donors (Lipinski definition) is 3. The van der Waals surface area contributed by atoms with Crippen LogP contribution in [0.5, 0.6) is 5.75 Å². The average molecular weight is 450 g/mol. The molecule has 3 N–H and O–H groups in total. The number of hydrogen-bond acceptors (Lipinski definition) is 6. The average Bonchev–Trinajstić information content (AvgIpc) is 3.59. The summed E-state index contributed by atoms with van der Waals surface area (Å²) in [6.07, 6.45) is 5.18. The Balaban J connectivity index is 0.000000523. The Labute approximate surface area is 186 Å². The summed E-state index contributed by atoms with van der Waals surface area (Å²) < 4.78 is 22.5. The molecule has 2 aliphatic rings. The fraction of sp³-hybridized carbons (Fsp3) is 0.565. The quantitative estimate of drug-likeness (QED) is 0.623. The predicted octanol–water partition coefficient (Wildman–Crippen LogP) is 2.76. The van der Waals surface area contributed by atoms with Gasteiger partial charge in [-0.2, -0.15) is 0 Å². The summed E-state index contributed by atoms with van der Waals surface area (Å²) in [5, 5.41) is 20.8. The molecule has 0 bridgehead atoms. The van der Waals surface area contributed by atoms with E-state index in [1.165, 1.54) is 13.3 Å². The lowest BCUT2D eigenvalue weighted by atomic mass is 10.1. The number of aromatic carboxylic acids is 1. The van der Waals surface area contributed by atoms with Gasteiger partial charge in [-0.3, -0.25) is 4.79 Å². The molecule has 32 heavy (non-hydrogen) atoms. The van der Waals surface area contributed by atoms with Crippen LogP contribution < -0.4 is 20.4 Å². The van der Waals surface area contributed by atoms with Crippen molar-refractivity contribution in [3.63, 3.8) is 0 Å². The number of methoxy groups -OCH3 is 1. The molecule has 1 atom stereocenters. The van der Waals surface area contributed by atoms with Crippen LogP contribution in [0.4, 0.5) is 10.1 Å². The second-order valence-corrected chi connectivity index (χ2v) is 8.33. The van der Waals surface area contributed by atoms with Gasteiger partial charge in [-0.25, -0.2) is 9.18 Å². The summed E-state index contributed by atoms with van der Waals surface area (Å²) in [7, 11) is 1.45. The van der Waals surface area contributed by atoms with Crippen molar-refractivity contribution in [1.29, 1.82) is 0 Å². The Kier molecular flexibility index (Phi) is 7.73. The maximum absolute atomic E-state index is 15.1. The van der Waals surface area contributed by atoms with E-state index in [2.05, 4.69) is 12.2 Å². The van der Waals surface area contributed by atoms with Crippen molar-refractivity contribution in [2.24, 2.45) is 0 Å². The Bertz CT molecular complexity index is 1030. The van der Waals surface area contributed by atoms with Crippen LogP contribution in [0.25, 0.3) is 10.9 Å². The number of anilines is 1. The fourth-order valence-corrected chi connectivity index (χ4v) is 4.02. The zero-order chi connectivity index (χ0) is 23.4. The first-order valence-electron chi connectivity index (χ1n) is 11.1. The summed E-state index contributed by atoms with van der Waals surface area (Å²) in [4.78, 5) is 26.1. The summed E-state index contributed by atoms with van der Waals surface area (Å²) in [5.41, 5.74) is -0.237. The minimum Gasteiger partial charge on any atom is -0.492 e. The minimum atomic E-state index is -1.31. The second kappa shape index (κ2) is 10.3. The van der Waals surface area contributed by atoms with E-state index in [9.17, 15) is 14.7 Å². The highest BCUT2D eigenvalue weighted by molar-refractivity contribution is 5.97. The molecule has 1 saturated heterocycles. The van der Waals surface area contributed by atoms with E-state index in [4.69, 9.17) is 9.84 Å². The van der Waals surface area contributed by atoms with Crippen molar-refractivity contribution in [3.05, 3.63) is 33.9 Å². The van der Waals surface area contributed by atoms with Gasteiger partial charge >= 0.3 is 5.97 Å². The molecule has 2 heterocycles. The van der Waals surface area contributed by atoms with Crippen molar-refractivity contribution >= 4 is 22.6 Å². The lowest BCUT2D eigenvalue weighted by Crippen LogP contribution is -2.49. The number of aliphatic hydroxyl groups excluding tert-OH is 1. The first kappa shape index (κ1) is 24.0. The molecule has 0 amide bonds. The number of halogens is 1. The summed E-state index contributed by atoms with van der Waals surface area (Å²) in [5.74, 6) is -1.59. The van der Waals surface area contributed by atoms with Crippen molar-refractivity contribution in [2.45, 2.75) is 51.6 Å². The van der Waals surface area contributed by atoms with E-state index < -0.39 is 17.2 Å². The number of carboxylic acids is 1. The number of carboxylic acid groups (broad SMARTS) is 1. The lowest BCUT2D eigenvalue weighted by Gasteiger charge is -2.35. The molecule has 1 aromatic carbocycles. The van der Waals surface area contributed by atoms with Crippen LogP contribution in [0, 0.1) is 5.82 Å². The van der Waals surface area contributed by atoms with Gasteiger partial charge in [-0.1, -0.05) is 13.3 Å². The Hall–Kier alpha value is -2.65. The van der Waals surface area contributed by atoms with E-state index in [1.807, 2.05) is 11.8 Å². The highest BCUT2D eigenvalue weighted by Crippen LogP contribution is 2.43. The molecule has 1 saturated carbocycles. The largest absolute Gasteiger partial charge is 0.492 e. The number of carbonyl (C=O) groups is 1. The van der Waals surface area contributed by atoms with Crippen LogP contribution in [0.1, 0.15) is 55.9 Å². The molecule has 8 nitrogen and oxygen atoms in total. The van der Waals surface area contributed by atoms with Gasteiger partial charge in [0.15, 0.2) is 11.6 Å². The number of ether oxygens (including phenoxy) is 1. The van der Waals surface area contributed by atoms with Gasteiger partial charge in [0.25, 0.3) is 0 Å². The number of benzene rings is 1. The normalized spacial score (nSPS) is 18.3. The molecular formula is C23H32FN3O5. The molecule has 2 aromatic rings. The van der Waals surface area contributed by atoms with Gasteiger partial charge in [0.2, 0.25) is 5.43 Å². The van der Waals surface area contributed by atoms with Crippen LogP contribution >= 0.6 is 0 Å². The zero-order valence-corrected chi connectivity index (χ0v) is 18.9. The highest BCUT2D eigenvalue weighted by atomic mass is 19.1. The van der Waals surface area contributed by atoms with Crippen molar-refractivity contribution in [1.82, 2.24) is 9.88 Å². The molecule has 1 aliphatic carbocycles. The van der Waals surface area contributed by atoms with Gasteiger partial charge < -0.3 is 29.7 Å². The Morgan fingerprint density at radius 2 is 2.09 bits per heavy atom. The number of pyridine rings is 1. The molecular weight excluding hydrogens is 417 g/mol. The molecule has 4 rings (SSSR count). The van der Waals surface area contributed by atoms with E-state index in [-0.39, 0.29) is 23.0 Å². The molecule has 0 radical (unpaired) electrons. The number of rotatable bonds is 6. The number of unbranched alkanes of at least 4 members (excludes halogenated alkanes) is 1. The van der Waals surface area contributed by atoms with Crippen LogP contribution in [-0.2, 0) is 0 Å². The molecule has 2 fully saturated rings. The first-order valence-corrected chi connectivity index (χ1v) is 11.1. The topological polar surface area (TPSA) is 104 Å². The molecule has 1 aliphatic heterocycles. The van der Waals surface area contributed by atoms with Gasteiger partial charge in [0.1, 0.15) is 11.3 Å². The van der Waals surface area contributed by atoms with Gasteiger partial charge in [-0.15, -0.1) is 0 Å². The van der Waals surface area contributed by atoms with Gasteiger partial charge in [-0.05, 0) is 32.3 Å². The number of aromatic nitrogens is 1. The number of fused-ring (bicyclic) bond motifs is 1. The third-order valence-electron chi connectivity index (χ3n) is 5.77. The second-order valence-electron chi connectivity index (χ2n) is 8.33. The molecule has 1 aromatic heterocycles. The third-order valence-corrected chi connectivity index (χ3v) is 5.77. The molecule has 9 heteroatoms. The lowest BCUT2D eigenvalue weighted by molar-refractivity contribution is 0.0694. The van der Waals surface area contributed by atoms with Gasteiger partial charge in [0.05, 0.1) is 18.0 Å². The third kappa shape index (κ3) is 4.88.